The molecular formula is C9H11Cl3N2O2. The molecule has 0 aromatic carbocycles. The van der Waals surface area contributed by atoms with Crippen molar-refractivity contribution in [3.63, 3.8) is 0 Å². The van der Waals surface area contributed by atoms with E-state index >= 15 is 0 Å². The molecule has 2 N–H and O–H groups in total. The molecule has 1 aromatic heterocycles. The monoisotopic (exact) mass is 284 g/mol. The highest BCUT2D eigenvalue weighted by Gasteiger charge is 2.09. The number of nitrogens with one attached hydrogen (secondary N) is 1. The molecule has 0 saturated heterocycles. The quantitative estimate of drug-likeness (QED) is 0.834. The van der Waals surface area contributed by atoms with Gasteiger partial charge in [-0.2, -0.15) is 0 Å². The first-order chi connectivity index (χ1) is 6.99. The van der Waals surface area contributed by atoms with E-state index in [4.69, 9.17) is 28.3 Å². The van der Waals surface area contributed by atoms with Crippen LogP contribution < -0.4 is 5.32 Å². The van der Waals surface area contributed by atoms with Gasteiger partial charge in [-0.3, -0.25) is 4.79 Å². The molecule has 1 atom stereocenters. The smallest absolute Gasteiger partial charge is 0.320 e. The van der Waals surface area contributed by atoms with Crippen LogP contribution in [0.3, 0.4) is 0 Å². The molecular weight excluding hydrogens is 274 g/mol. The fourth-order valence-electron chi connectivity index (χ4n) is 0.975. The molecule has 1 heterocycles. The molecule has 0 bridgehead atoms. The van der Waals surface area contributed by atoms with Crippen LogP contribution in [0.4, 0.5) is 0 Å². The Balaban J connectivity index is 0.00000225. The van der Waals surface area contributed by atoms with Crippen LogP contribution >= 0.6 is 35.6 Å². The molecule has 4 nitrogen and oxygen atoms in total. The van der Waals surface area contributed by atoms with Crippen molar-refractivity contribution in [3.05, 3.63) is 28.0 Å². The zero-order valence-corrected chi connectivity index (χ0v) is 10.7. The second-order valence-electron chi connectivity index (χ2n) is 3.06. The molecule has 0 aliphatic rings. The molecule has 0 unspecified atom stereocenters. The molecule has 7 heteroatoms. The van der Waals surface area contributed by atoms with Crippen LogP contribution in [0.1, 0.15) is 12.5 Å². The summed E-state index contributed by atoms with van der Waals surface area (Å²) in [6.07, 6.45) is 0. The fraction of sp³-hybridized carbons (Fsp3) is 0.333. The minimum Gasteiger partial charge on any atom is -0.480 e. The molecule has 1 rings (SSSR count). The van der Waals surface area contributed by atoms with E-state index in [0.29, 0.717) is 16.9 Å². The van der Waals surface area contributed by atoms with E-state index in [1.807, 2.05) is 0 Å². The highest BCUT2D eigenvalue weighted by molar-refractivity contribution is 6.32. The summed E-state index contributed by atoms with van der Waals surface area (Å²) < 4.78 is 0. The topological polar surface area (TPSA) is 62.2 Å². The summed E-state index contributed by atoms with van der Waals surface area (Å²) in [7, 11) is 0. The lowest BCUT2D eigenvalue weighted by molar-refractivity contribution is -0.139. The van der Waals surface area contributed by atoms with Crippen molar-refractivity contribution in [1.29, 1.82) is 0 Å². The Bertz CT molecular complexity index is 354. The number of pyridine rings is 1. The number of rotatable bonds is 4. The Hall–Kier alpha value is -0.550. The van der Waals surface area contributed by atoms with Crippen LogP contribution in [0.2, 0.25) is 10.3 Å². The molecule has 0 aliphatic carbocycles. The van der Waals surface area contributed by atoms with Gasteiger partial charge in [-0.25, -0.2) is 4.98 Å². The normalized spacial score (nSPS) is 11.7. The molecule has 1 aromatic rings. The lowest BCUT2D eigenvalue weighted by atomic mass is 10.2. The summed E-state index contributed by atoms with van der Waals surface area (Å²) in [5.74, 6) is -0.902. The standard InChI is InChI=1S/C9H10Cl2N2O2.ClH/c1-5(9(14)15)12-4-6-2-7(10)13-8(11)3-6;/h2-3,5,12H,4H2,1H3,(H,14,15);1H/t5-;/m0./s1. The van der Waals surface area contributed by atoms with Crippen molar-refractivity contribution >= 4 is 41.6 Å². The number of carboxylic acids is 1. The Morgan fingerprint density at radius 2 is 2.00 bits per heavy atom. The van der Waals surface area contributed by atoms with Crippen LogP contribution in [-0.2, 0) is 11.3 Å². The van der Waals surface area contributed by atoms with E-state index < -0.39 is 12.0 Å². The molecule has 0 radical (unpaired) electrons. The Labute approximate surface area is 109 Å². The number of carbonyl (C=O) groups is 1. The van der Waals surface area contributed by atoms with Gasteiger partial charge < -0.3 is 10.4 Å². The summed E-state index contributed by atoms with van der Waals surface area (Å²) in [4.78, 5) is 14.3. The van der Waals surface area contributed by atoms with E-state index in [2.05, 4.69) is 10.3 Å². The van der Waals surface area contributed by atoms with Gasteiger partial charge in [-0.15, -0.1) is 12.4 Å². The molecule has 0 fully saturated rings. The van der Waals surface area contributed by atoms with E-state index in [-0.39, 0.29) is 12.4 Å². The number of nitrogens with zero attached hydrogens (tertiary/aromatic N) is 1. The highest BCUT2D eigenvalue weighted by Crippen LogP contribution is 2.14. The Morgan fingerprint density at radius 1 is 1.50 bits per heavy atom. The third-order valence-electron chi connectivity index (χ3n) is 1.81. The predicted octanol–water partition coefficient (Wildman–Crippen LogP) is 2.37. The van der Waals surface area contributed by atoms with Gasteiger partial charge >= 0.3 is 5.97 Å². The van der Waals surface area contributed by atoms with Crippen LogP contribution in [0, 0.1) is 0 Å². The first kappa shape index (κ1) is 15.4. The van der Waals surface area contributed by atoms with E-state index in [1.165, 1.54) is 0 Å². The number of aromatic nitrogens is 1. The fourth-order valence-corrected chi connectivity index (χ4v) is 1.48. The summed E-state index contributed by atoms with van der Waals surface area (Å²) in [5.41, 5.74) is 0.799. The average molecular weight is 286 g/mol. The van der Waals surface area contributed by atoms with Crippen molar-refractivity contribution in [2.24, 2.45) is 0 Å². The Kier molecular flexibility index (Phi) is 6.67. The number of hydrogen-bond acceptors (Lipinski definition) is 3. The van der Waals surface area contributed by atoms with Gasteiger partial charge in [0.25, 0.3) is 0 Å². The van der Waals surface area contributed by atoms with Crippen molar-refractivity contribution in [2.75, 3.05) is 0 Å². The summed E-state index contributed by atoms with van der Waals surface area (Å²) >= 11 is 11.4. The van der Waals surface area contributed by atoms with Crippen molar-refractivity contribution < 1.29 is 9.90 Å². The average Bonchev–Trinajstić information content (AvgIpc) is 2.12. The highest BCUT2D eigenvalue weighted by atomic mass is 35.5. The summed E-state index contributed by atoms with van der Waals surface area (Å²) in [6.45, 7) is 1.95. The van der Waals surface area contributed by atoms with Gasteiger partial charge in [0.1, 0.15) is 16.3 Å². The van der Waals surface area contributed by atoms with Gasteiger partial charge in [0.2, 0.25) is 0 Å². The number of aliphatic carboxylic acids is 1. The van der Waals surface area contributed by atoms with Gasteiger partial charge in [-0.1, -0.05) is 23.2 Å². The lowest BCUT2D eigenvalue weighted by Gasteiger charge is -2.09. The minimum atomic E-state index is -0.902. The van der Waals surface area contributed by atoms with E-state index in [9.17, 15) is 4.79 Å². The zero-order valence-electron chi connectivity index (χ0n) is 8.41. The molecule has 0 aliphatic heterocycles. The van der Waals surface area contributed by atoms with Gasteiger partial charge in [0.15, 0.2) is 0 Å². The van der Waals surface area contributed by atoms with Gasteiger partial charge in [0.05, 0.1) is 0 Å². The maximum absolute atomic E-state index is 10.5. The molecule has 0 amide bonds. The van der Waals surface area contributed by atoms with E-state index in [0.717, 1.165) is 5.56 Å². The van der Waals surface area contributed by atoms with Gasteiger partial charge in [-0.05, 0) is 24.6 Å². The SMILES string of the molecule is C[C@H](NCc1cc(Cl)nc(Cl)c1)C(=O)O.Cl. The number of halogens is 3. The van der Waals surface area contributed by atoms with Crippen LogP contribution in [0.25, 0.3) is 0 Å². The third-order valence-corrected chi connectivity index (χ3v) is 2.19. The van der Waals surface area contributed by atoms with Crippen LogP contribution in [0.5, 0.6) is 0 Å². The molecule has 90 valence electrons. The minimum absolute atomic E-state index is 0. The van der Waals surface area contributed by atoms with Crippen LogP contribution in [-0.4, -0.2) is 22.1 Å². The zero-order chi connectivity index (χ0) is 11.4. The van der Waals surface area contributed by atoms with Crippen molar-refractivity contribution in [1.82, 2.24) is 10.3 Å². The number of carboxylic acid groups (broad SMARTS) is 1. The largest absolute Gasteiger partial charge is 0.480 e. The van der Waals surface area contributed by atoms with Crippen molar-refractivity contribution in [2.45, 2.75) is 19.5 Å². The molecule has 0 saturated carbocycles. The lowest BCUT2D eigenvalue weighted by Crippen LogP contribution is -2.33. The first-order valence-electron chi connectivity index (χ1n) is 4.27. The van der Waals surface area contributed by atoms with Gasteiger partial charge in [0, 0.05) is 6.54 Å². The molecule has 0 spiro atoms. The van der Waals surface area contributed by atoms with E-state index in [1.54, 1.807) is 19.1 Å². The second-order valence-corrected chi connectivity index (χ2v) is 3.84. The Morgan fingerprint density at radius 3 is 2.44 bits per heavy atom. The van der Waals surface area contributed by atoms with Crippen LogP contribution in [0.15, 0.2) is 12.1 Å². The maximum Gasteiger partial charge on any atom is 0.320 e. The summed E-state index contributed by atoms with van der Waals surface area (Å²) in [6, 6.07) is 2.65. The molecule has 16 heavy (non-hydrogen) atoms. The predicted molar refractivity (Wildman–Crippen MR) is 65.4 cm³/mol. The van der Waals surface area contributed by atoms with Crippen molar-refractivity contribution in [3.8, 4) is 0 Å². The third kappa shape index (κ3) is 4.99. The first-order valence-corrected chi connectivity index (χ1v) is 5.03. The second kappa shape index (κ2) is 6.91. The number of hydrogen-bond donors (Lipinski definition) is 2. The summed E-state index contributed by atoms with van der Waals surface area (Å²) in [5, 5.41) is 12.0. The maximum atomic E-state index is 10.5.